The van der Waals surface area contributed by atoms with Gasteiger partial charge in [-0.1, -0.05) is 37.3 Å². The average molecular weight is 204 g/mol. The molecule has 0 bridgehead atoms. The molecule has 0 amide bonds. The molecule has 0 heterocycles. The maximum Gasteiger partial charge on any atom is 0.309 e. The second-order valence-electron chi connectivity index (χ2n) is 4.22. The van der Waals surface area contributed by atoms with Crippen LogP contribution in [0.1, 0.15) is 25.3 Å². The minimum absolute atomic E-state index is 0.0543. The highest BCUT2D eigenvalue weighted by atomic mass is 16.5. The maximum absolute atomic E-state index is 11.6. The van der Waals surface area contributed by atoms with Gasteiger partial charge in [-0.2, -0.15) is 0 Å². The third-order valence-corrected chi connectivity index (χ3v) is 2.92. The van der Waals surface area contributed by atoms with E-state index >= 15 is 0 Å². The molecule has 0 aliphatic heterocycles. The first-order chi connectivity index (χ1) is 7.27. The number of benzene rings is 1. The molecule has 1 aromatic carbocycles. The smallest absolute Gasteiger partial charge is 0.309 e. The molecule has 0 aromatic heterocycles. The Hall–Kier alpha value is -1.31. The van der Waals surface area contributed by atoms with Crippen LogP contribution in [-0.4, -0.2) is 5.97 Å². The summed E-state index contributed by atoms with van der Waals surface area (Å²) in [5, 5.41) is 0. The van der Waals surface area contributed by atoms with Gasteiger partial charge in [0, 0.05) is 0 Å². The number of carbonyl (C=O) groups is 1. The largest absolute Gasteiger partial charge is 0.461 e. The van der Waals surface area contributed by atoms with Crippen molar-refractivity contribution in [2.75, 3.05) is 0 Å². The molecule has 2 heteroatoms. The van der Waals surface area contributed by atoms with E-state index in [4.69, 9.17) is 4.74 Å². The Morgan fingerprint density at radius 2 is 2.07 bits per heavy atom. The van der Waals surface area contributed by atoms with E-state index in [0.29, 0.717) is 12.5 Å². The van der Waals surface area contributed by atoms with Crippen LogP contribution in [0.5, 0.6) is 0 Å². The lowest BCUT2D eigenvalue weighted by molar-refractivity contribution is -0.150. The molecule has 0 radical (unpaired) electrons. The van der Waals surface area contributed by atoms with E-state index in [2.05, 4.69) is 0 Å². The summed E-state index contributed by atoms with van der Waals surface area (Å²) < 4.78 is 5.25. The lowest BCUT2D eigenvalue weighted by Crippen LogP contribution is -2.16. The molecule has 1 fully saturated rings. The molecule has 15 heavy (non-hydrogen) atoms. The monoisotopic (exact) mass is 204 g/mol. The zero-order valence-electron chi connectivity index (χ0n) is 8.98. The van der Waals surface area contributed by atoms with Gasteiger partial charge in [0.1, 0.15) is 6.61 Å². The predicted molar refractivity (Wildman–Crippen MR) is 58.1 cm³/mol. The van der Waals surface area contributed by atoms with Crippen molar-refractivity contribution in [3.8, 4) is 0 Å². The second kappa shape index (κ2) is 4.47. The van der Waals surface area contributed by atoms with Crippen molar-refractivity contribution in [1.29, 1.82) is 0 Å². The van der Waals surface area contributed by atoms with Crippen molar-refractivity contribution >= 4 is 5.97 Å². The number of rotatable bonds is 4. The first-order valence-corrected chi connectivity index (χ1v) is 5.48. The van der Waals surface area contributed by atoms with E-state index in [0.717, 1.165) is 5.56 Å². The van der Waals surface area contributed by atoms with Gasteiger partial charge < -0.3 is 4.74 Å². The zero-order valence-corrected chi connectivity index (χ0v) is 8.98. The number of hydrogen-bond donors (Lipinski definition) is 0. The van der Waals surface area contributed by atoms with Gasteiger partial charge in [0.25, 0.3) is 0 Å². The van der Waals surface area contributed by atoms with Crippen LogP contribution in [0, 0.1) is 11.8 Å². The van der Waals surface area contributed by atoms with Crippen molar-refractivity contribution in [2.45, 2.75) is 26.4 Å². The Kier molecular flexibility index (Phi) is 3.05. The Labute approximate surface area is 90.3 Å². The number of carbonyl (C=O) groups excluding carboxylic acids is 1. The summed E-state index contributed by atoms with van der Waals surface area (Å²) in [5.41, 5.74) is 1.05. The predicted octanol–water partition coefficient (Wildman–Crippen LogP) is 2.78. The topological polar surface area (TPSA) is 26.3 Å². The molecule has 1 aliphatic carbocycles. The summed E-state index contributed by atoms with van der Waals surface area (Å²) in [4.78, 5) is 11.6. The lowest BCUT2D eigenvalue weighted by atomic mass is 10.1. The molecular formula is C13H16O2. The Balaban J connectivity index is 1.80. The molecule has 1 atom stereocenters. The average Bonchev–Trinajstić information content (AvgIpc) is 3.10. The molecule has 1 aromatic rings. The molecule has 0 unspecified atom stereocenters. The van der Waals surface area contributed by atoms with Gasteiger partial charge in [0.05, 0.1) is 5.92 Å². The van der Waals surface area contributed by atoms with Crippen LogP contribution in [0.3, 0.4) is 0 Å². The minimum Gasteiger partial charge on any atom is -0.461 e. The minimum atomic E-state index is -0.0543. The highest BCUT2D eigenvalue weighted by molar-refractivity contribution is 5.72. The van der Waals surface area contributed by atoms with Crippen molar-refractivity contribution in [2.24, 2.45) is 11.8 Å². The van der Waals surface area contributed by atoms with Gasteiger partial charge in [0.2, 0.25) is 0 Å². The standard InChI is InChI=1S/C13H16O2/c1-10(12-7-8-12)13(14)15-9-11-5-3-2-4-6-11/h2-6,10,12H,7-9H2,1H3/t10-/m0/s1. The fourth-order valence-electron chi connectivity index (χ4n) is 1.65. The van der Waals surface area contributed by atoms with E-state index in [1.165, 1.54) is 12.8 Å². The van der Waals surface area contributed by atoms with E-state index in [-0.39, 0.29) is 11.9 Å². The number of hydrogen-bond acceptors (Lipinski definition) is 2. The van der Waals surface area contributed by atoms with Crippen molar-refractivity contribution in [1.82, 2.24) is 0 Å². The van der Waals surface area contributed by atoms with Crippen LogP contribution in [0.25, 0.3) is 0 Å². The number of esters is 1. The SMILES string of the molecule is C[C@H](C(=O)OCc1ccccc1)C1CC1. The first-order valence-electron chi connectivity index (χ1n) is 5.48. The van der Waals surface area contributed by atoms with Gasteiger partial charge >= 0.3 is 5.97 Å². The van der Waals surface area contributed by atoms with Crippen LogP contribution < -0.4 is 0 Å². The molecule has 2 nitrogen and oxygen atoms in total. The van der Waals surface area contributed by atoms with E-state index in [1.54, 1.807) is 0 Å². The molecule has 1 saturated carbocycles. The third-order valence-electron chi connectivity index (χ3n) is 2.92. The molecule has 1 aliphatic rings. The summed E-state index contributed by atoms with van der Waals surface area (Å²) >= 11 is 0. The van der Waals surface area contributed by atoms with Gasteiger partial charge in [0.15, 0.2) is 0 Å². The summed E-state index contributed by atoms with van der Waals surface area (Å²) in [6.07, 6.45) is 2.36. The Morgan fingerprint density at radius 1 is 1.40 bits per heavy atom. The van der Waals surface area contributed by atoms with E-state index in [1.807, 2.05) is 37.3 Å². The van der Waals surface area contributed by atoms with Crippen LogP contribution in [-0.2, 0) is 16.1 Å². The molecule has 0 N–H and O–H groups in total. The van der Waals surface area contributed by atoms with Gasteiger partial charge in [-0.15, -0.1) is 0 Å². The van der Waals surface area contributed by atoms with Crippen LogP contribution in [0.15, 0.2) is 30.3 Å². The quantitative estimate of drug-likeness (QED) is 0.705. The Bertz CT molecular complexity index is 328. The molecule has 0 saturated heterocycles. The van der Waals surface area contributed by atoms with Crippen LogP contribution in [0.4, 0.5) is 0 Å². The fraction of sp³-hybridized carbons (Fsp3) is 0.462. The number of ether oxygens (including phenoxy) is 1. The van der Waals surface area contributed by atoms with Gasteiger partial charge in [-0.25, -0.2) is 0 Å². The summed E-state index contributed by atoms with van der Waals surface area (Å²) in [6, 6.07) is 9.79. The van der Waals surface area contributed by atoms with Gasteiger partial charge in [-0.05, 0) is 24.3 Å². The normalized spacial score (nSPS) is 17.1. The van der Waals surface area contributed by atoms with E-state index in [9.17, 15) is 4.79 Å². The lowest BCUT2D eigenvalue weighted by Gasteiger charge is -2.09. The van der Waals surface area contributed by atoms with Crippen molar-refractivity contribution < 1.29 is 9.53 Å². The summed E-state index contributed by atoms with van der Waals surface area (Å²) in [7, 11) is 0. The van der Waals surface area contributed by atoms with Crippen LogP contribution >= 0.6 is 0 Å². The highest BCUT2D eigenvalue weighted by Crippen LogP contribution is 2.37. The molecule has 0 spiro atoms. The summed E-state index contributed by atoms with van der Waals surface area (Å²) in [5.74, 6) is 0.600. The third kappa shape index (κ3) is 2.82. The molecular weight excluding hydrogens is 188 g/mol. The van der Waals surface area contributed by atoms with Crippen LogP contribution in [0.2, 0.25) is 0 Å². The highest BCUT2D eigenvalue weighted by Gasteiger charge is 2.33. The fourth-order valence-corrected chi connectivity index (χ4v) is 1.65. The second-order valence-corrected chi connectivity index (χ2v) is 4.22. The van der Waals surface area contributed by atoms with E-state index < -0.39 is 0 Å². The Morgan fingerprint density at radius 3 is 2.67 bits per heavy atom. The summed E-state index contributed by atoms with van der Waals surface area (Å²) in [6.45, 7) is 2.36. The van der Waals surface area contributed by atoms with Crippen molar-refractivity contribution in [3.63, 3.8) is 0 Å². The van der Waals surface area contributed by atoms with Gasteiger partial charge in [-0.3, -0.25) is 4.79 Å². The first kappa shape index (κ1) is 10.2. The van der Waals surface area contributed by atoms with Crippen molar-refractivity contribution in [3.05, 3.63) is 35.9 Å². The zero-order chi connectivity index (χ0) is 10.7. The maximum atomic E-state index is 11.6. The molecule has 2 rings (SSSR count). The molecule has 80 valence electrons.